The van der Waals surface area contributed by atoms with Gasteiger partial charge in [-0.2, -0.15) is 0 Å². The van der Waals surface area contributed by atoms with E-state index >= 15 is 0 Å². The SMILES string of the molecule is CC(=O)OC1(c2cccc(C)c2)CC(=O)C=C1c1ccncc1. The third kappa shape index (κ3) is 2.80. The van der Waals surface area contributed by atoms with Crippen LogP contribution in [0.5, 0.6) is 0 Å². The van der Waals surface area contributed by atoms with Crippen LogP contribution in [-0.2, 0) is 19.9 Å². The van der Waals surface area contributed by atoms with Gasteiger partial charge in [0, 0.05) is 30.5 Å². The van der Waals surface area contributed by atoms with E-state index < -0.39 is 11.6 Å². The highest BCUT2D eigenvalue weighted by Crippen LogP contribution is 2.47. The van der Waals surface area contributed by atoms with Crippen molar-refractivity contribution in [3.63, 3.8) is 0 Å². The predicted molar refractivity (Wildman–Crippen MR) is 86.5 cm³/mol. The molecule has 23 heavy (non-hydrogen) atoms. The normalized spacial score (nSPS) is 20.3. The molecule has 4 nitrogen and oxygen atoms in total. The van der Waals surface area contributed by atoms with Crippen LogP contribution < -0.4 is 0 Å². The fourth-order valence-electron chi connectivity index (χ4n) is 3.07. The van der Waals surface area contributed by atoms with Crippen molar-refractivity contribution in [2.75, 3.05) is 0 Å². The average Bonchev–Trinajstić information content (AvgIpc) is 2.85. The molecular formula is C19H17NO3. The Morgan fingerprint density at radius 3 is 2.61 bits per heavy atom. The average molecular weight is 307 g/mol. The van der Waals surface area contributed by atoms with Gasteiger partial charge in [-0.1, -0.05) is 29.8 Å². The highest BCUT2D eigenvalue weighted by atomic mass is 16.6. The van der Waals surface area contributed by atoms with Crippen molar-refractivity contribution in [1.82, 2.24) is 4.98 Å². The molecule has 0 fully saturated rings. The van der Waals surface area contributed by atoms with Crippen molar-refractivity contribution in [3.8, 4) is 0 Å². The summed E-state index contributed by atoms with van der Waals surface area (Å²) < 4.78 is 5.73. The Balaban J connectivity index is 2.21. The molecule has 1 unspecified atom stereocenters. The smallest absolute Gasteiger partial charge is 0.303 e. The summed E-state index contributed by atoms with van der Waals surface area (Å²) in [5.41, 5.74) is 2.30. The van der Waals surface area contributed by atoms with E-state index in [1.165, 1.54) is 6.92 Å². The van der Waals surface area contributed by atoms with Crippen LogP contribution in [0.15, 0.2) is 54.9 Å². The molecule has 0 bridgehead atoms. The maximum absolute atomic E-state index is 12.2. The zero-order chi connectivity index (χ0) is 16.4. The van der Waals surface area contributed by atoms with Crippen molar-refractivity contribution >= 4 is 17.3 Å². The van der Waals surface area contributed by atoms with Crippen LogP contribution in [0.4, 0.5) is 0 Å². The first kappa shape index (κ1) is 15.2. The molecule has 0 N–H and O–H groups in total. The van der Waals surface area contributed by atoms with E-state index in [1.807, 2.05) is 43.3 Å². The van der Waals surface area contributed by atoms with Crippen molar-refractivity contribution < 1.29 is 14.3 Å². The largest absolute Gasteiger partial charge is 0.449 e. The first-order valence-corrected chi connectivity index (χ1v) is 7.43. The molecule has 1 aromatic carbocycles. The van der Waals surface area contributed by atoms with Crippen molar-refractivity contribution in [1.29, 1.82) is 0 Å². The lowest BCUT2D eigenvalue weighted by atomic mass is 9.83. The van der Waals surface area contributed by atoms with Crippen molar-refractivity contribution in [2.45, 2.75) is 25.9 Å². The summed E-state index contributed by atoms with van der Waals surface area (Å²) in [6.45, 7) is 3.34. The number of benzene rings is 1. The van der Waals surface area contributed by atoms with Crippen LogP contribution in [0.2, 0.25) is 0 Å². The van der Waals surface area contributed by atoms with Crippen molar-refractivity contribution in [2.24, 2.45) is 0 Å². The Morgan fingerprint density at radius 1 is 1.22 bits per heavy atom. The number of carbonyl (C=O) groups excluding carboxylic acids is 2. The van der Waals surface area contributed by atoms with E-state index in [4.69, 9.17) is 4.74 Å². The van der Waals surface area contributed by atoms with E-state index in [0.29, 0.717) is 5.57 Å². The lowest BCUT2D eigenvalue weighted by Crippen LogP contribution is -2.32. The van der Waals surface area contributed by atoms with Gasteiger partial charge < -0.3 is 4.74 Å². The van der Waals surface area contributed by atoms with Crippen LogP contribution in [0.3, 0.4) is 0 Å². The fraction of sp³-hybridized carbons (Fsp3) is 0.211. The van der Waals surface area contributed by atoms with Crippen LogP contribution in [-0.4, -0.2) is 16.7 Å². The lowest BCUT2D eigenvalue weighted by Gasteiger charge is -2.32. The number of ketones is 1. The highest BCUT2D eigenvalue weighted by molar-refractivity contribution is 6.06. The molecule has 116 valence electrons. The van der Waals surface area contributed by atoms with Gasteiger partial charge in [-0.25, -0.2) is 0 Å². The van der Waals surface area contributed by atoms with Gasteiger partial charge in [0.15, 0.2) is 11.4 Å². The molecule has 0 aliphatic heterocycles. The number of hydrogen-bond donors (Lipinski definition) is 0. The molecule has 2 aromatic rings. The van der Waals surface area contributed by atoms with Gasteiger partial charge in [0.1, 0.15) is 0 Å². The van der Waals surface area contributed by atoms with Gasteiger partial charge >= 0.3 is 5.97 Å². The Labute approximate surface area is 134 Å². The quantitative estimate of drug-likeness (QED) is 0.817. The maximum atomic E-state index is 12.2. The predicted octanol–water partition coefficient (Wildman–Crippen LogP) is 3.20. The minimum atomic E-state index is -1.07. The first-order valence-electron chi connectivity index (χ1n) is 7.43. The summed E-state index contributed by atoms with van der Waals surface area (Å²) in [4.78, 5) is 28.0. The van der Waals surface area contributed by atoms with Crippen LogP contribution in [0, 0.1) is 6.92 Å². The Bertz CT molecular complexity index is 795. The van der Waals surface area contributed by atoms with E-state index in [9.17, 15) is 9.59 Å². The van der Waals surface area contributed by atoms with Gasteiger partial charge in [-0.3, -0.25) is 14.6 Å². The Hall–Kier alpha value is -2.75. The number of ether oxygens (including phenoxy) is 1. The lowest BCUT2D eigenvalue weighted by molar-refractivity contribution is -0.153. The number of carbonyl (C=O) groups is 2. The van der Waals surface area contributed by atoms with E-state index in [2.05, 4.69) is 4.98 Å². The molecule has 4 heteroatoms. The van der Waals surface area contributed by atoms with Gasteiger partial charge in [0.05, 0.1) is 6.42 Å². The summed E-state index contributed by atoms with van der Waals surface area (Å²) in [6, 6.07) is 11.4. The van der Waals surface area contributed by atoms with Crippen LogP contribution >= 0.6 is 0 Å². The second-order valence-electron chi connectivity index (χ2n) is 5.73. The van der Waals surface area contributed by atoms with Gasteiger partial charge in [-0.15, -0.1) is 0 Å². The molecule has 1 aliphatic rings. The summed E-state index contributed by atoms with van der Waals surface area (Å²) in [6.07, 6.45) is 5.01. The Morgan fingerprint density at radius 2 is 1.96 bits per heavy atom. The number of esters is 1. The minimum Gasteiger partial charge on any atom is -0.449 e. The molecule has 0 spiro atoms. The number of rotatable bonds is 3. The Kier molecular flexibility index (Phi) is 3.82. The number of aromatic nitrogens is 1. The summed E-state index contributed by atoms with van der Waals surface area (Å²) in [5, 5.41) is 0. The number of nitrogens with zero attached hydrogens (tertiary/aromatic N) is 1. The van der Waals surface area contributed by atoms with Gasteiger partial charge in [-0.05, 0) is 30.7 Å². The molecule has 0 saturated carbocycles. The first-order chi connectivity index (χ1) is 11.0. The third-order valence-electron chi connectivity index (χ3n) is 3.96. The van der Waals surface area contributed by atoms with Gasteiger partial charge in [0.2, 0.25) is 0 Å². The molecule has 0 amide bonds. The number of hydrogen-bond acceptors (Lipinski definition) is 4. The maximum Gasteiger partial charge on any atom is 0.303 e. The second-order valence-corrected chi connectivity index (χ2v) is 5.73. The zero-order valence-electron chi connectivity index (χ0n) is 13.1. The van der Waals surface area contributed by atoms with Gasteiger partial charge in [0.25, 0.3) is 0 Å². The van der Waals surface area contributed by atoms with Crippen LogP contribution in [0.25, 0.3) is 5.57 Å². The van der Waals surface area contributed by atoms with E-state index in [1.54, 1.807) is 18.5 Å². The minimum absolute atomic E-state index is 0.0560. The van der Waals surface area contributed by atoms with Crippen LogP contribution in [0.1, 0.15) is 30.0 Å². The summed E-state index contributed by atoms with van der Waals surface area (Å²) in [7, 11) is 0. The number of aryl methyl sites for hydroxylation is 1. The van der Waals surface area contributed by atoms with Crippen molar-refractivity contribution in [3.05, 3.63) is 71.6 Å². The third-order valence-corrected chi connectivity index (χ3v) is 3.96. The monoisotopic (exact) mass is 307 g/mol. The fourth-order valence-corrected chi connectivity index (χ4v) is 3.07. The molecule has 0 saturated heterocycles. The molecule has 1 aromatic heterocycles. The molecule has 1 aliphatic carbocycles. The number of pyridine rings is 1. The second kappa shape index (κ2) is 5.80. The topological polar surface area (TPSA) is 56.3 Å². The molecule has 3 rings (SSSR count). The molecule has 1 heterocycles. The number of allylic oxidation sites excluding steroid dienone is 1. The summed E-state index contributed by atoms with van der Waals surface area (Å²) in [5.74, 6) is -0.472. The summed E-state index contributed by atoms with van der Waals surface area (Å²) >= 11 is 0. The molecule has 0 radical (unpaired) electrons. The molecule has 1 atom stereocenters. The zero-order valence-corrected chi connectivity index (χ0v) is 13.1. The molecular weight excluding hydrogens is 290 g/mol. The van der Waals surface area contributed by atoms with E-state index in [-0.39, 0.29) is 12.2 Å². The van der Waals surface area contributed by atoms with E-state index in [0.717, 1.165) is 16.7 Å². The highest BCUT2D eigenvalue weighted by Gasteiger charge is 2.46. The standard InChI is InChI=1S/C19H17NO3/c1-13-4-3-5-16(10-13)19(23-14(2)21)12-17(22)11-18(19)15-6-8-20-9-7-15/h3-11H,12H2,1-2H3.